The first-order valence-corrected chi connectivity index (χ1v) is 20.8. The van der Waals surface area contributed by atoms with Crippen molar-refractivity contribution < 1.29 is 48.2 Å². The zero-order valence-electron chi connectivity index (χ0n) is 31.9. The fourth-order valence-corrected chi connectivity index (χ4v) is 8.44. The third-order valence-corrected chi connectivity index (χ3v) is 11.7. The summed E-state index contributed by atoms with van der Waals surface area (Å²) in [5.41, 5.74) is 0.422. The molecule has 0 aliphatic carbocycles. The summed E-state index contributed by atoms with van der Waals surface area (Å²) in [5.74, 6) is -0.638. The molecule has 2 atom stereocenters. The summed E-state index contributed by atoms with van der Waals surface area (Å²) in [6.45, 7) is 2.00. The highest BCUT2D eigenvalue weighted by molar-refractivity contribution is 7.10. The number of methoxy groups -OCH3 is 2. The number of aromatic carboxylic acids is 2. The van der Waals surface area contributed by atoms with Crippen LogP contribution >= 0.6 is 45.9 Å². The van der Waals surface area contributed by atoms with Crippen molar-refractivity contribution in [2.45, 2.75) is 25.3 Å². The highest BCUT2D eigenvalue weighted by atomic mass is 35.5. The molecule has 0 saturated carbocycles. The van der Waals surface area contributed by atoms with Gasteiger partial charge in [0.1, 0.15) is 34.1 Å². The summed E-state index contributed by atoms with van der Waals surface area (Å²) in [5, 5.41) is 23.3. The van der Waals surface area contributed by atoms with Crippen molar-refractivity contribution in [3.8, 4) is 45.5 Å². The number of pyridine rings is 2. The third-order valence-electron chi connectivity index (χ3n) is 9.30. The summed E-state index contributed by atoms with van der Waals surface area (Å²) in [6.07, 6.45) is 2.81. The number of hydrogen-bond acceptors (Lipinski definition) is 12. The molecule has 8 rings (SSSR count). The van der Waals surface area contributed by atoms with Crippen LogP contribution < -0.4 is 29.8 Å². The van der Waals surface area contributed by atoms with Gasteiger partial charge < -0.3 is 47.8 Å². The molecule has 6 aromatic rings. The van der Waals surface area contributed by atoms with Gasteiger partial charge in [0, 0.05) is 88.1 Å². The number of carboxylic acid groups (broad SMARTS) is 2. The standard InChI is InChI=1S/2C21H18ClNO6S/c2*1-27-5-3-6-28-18-10-17-12(8-14(18)22)15-9-16(24)13(21(25)26)11-23(15)20(29-17)19-4-2-7-30-19/h2*2,4,7-11,20H,3,5-6H2,1H3,(H,25,26)/t2*20-/m10/s1. The molecule has 312 valence electrons. The molecule has 60 heavy (non-hydrogen) atoms. The zero-order chi connectivity index (χ0) is 42.5. The maximum atomic E-state index is 12.4. The molecule has 18 heteroatoms. The first-order chi connectivity index (χ1) is 29.0. The number of ether oxygens (including phenoxy) is 6. The van der Waals surface area contributed by atoms with Gasteiger partial charge in [-0.15, -0.1) is 22.7 Å². The molecule has 4 aromatic heterocycles. The Hall–Kier alpha value is -5.62. The van der Waals surface area contributed by atoms with Gasteiger partial charge in [0.05, 0.1) is 44.4 Å². The molecule has 0 fully saturated rings. The van der Waals surface area contributed by atoms with Crippen LogP contribution in [-0.2, 0) is 9.47 Å². The van der Waals surface area contributed by atoms with E-state index in [-0.39, 0.29) is 11.1 Å². The lowest BCUT2D eigenvalue weighted by Crippen LogP contribution is -2.27. The van der Waals surface area contributed by atoms with Crippen LogP contribution in [0, 0.1) is 0 Å². The van der Waals surface area contributed by atoms with Crippen LogP contribution in [0.1, 0.15) is 55.8 Å². The quantitative estimate of drug-likeness (QED) is 0.0999. The number of rotatable bonds is 14. The van der Waals surface area contributed by atoms with Gasteiger partial charge in [-0.25, -0.2) is 9.59 Å². The largest absolute Gasteiger partial charge is 0.492 e. The van der Waals surface area contributed by atoms with Crippen molar-refractivity contribution in [1.29, 1.82) is 0 Å². The Bertz CT molecular complexity index is 2460. The normalized spacial score (nSPS) is 14.5. The monoisotopic (exact) mass is 894 g/mol. The molecule has 0 radical (unpaired) electrons. The molecule has 0 spiro atoms. The molecular weight excluding hydrogens is 860 g/mol. The lowest BCUT2D eigenvalue weighted by atomic mass is 10.1. The van der Waals surface area contributed by atoms with Crippen molar-refractivity contribution in [3.63, 3.8) is 0 Å². The van der Waals surface area contributed by atoms with Crippen LogP contribution in [0.15, 0.2) is 93.4 Å². The Morgan fingerprint density at radius 3 is 1.43 bits per heavy atom. The number of carbonyl (C=O) groups is 2. The molecule has 2 aromatic carbocycles. The van der Waals surface area contributed by atoms with E-state index < -0.39 is 35.3 Å². The molecule has 14 nitrogen and oxygen atoms in total. The van der Waals surface area contributed by atoms with Gasteiger partial charge in [0.2, 0.25) is 12.5 Å². The Kier molecular flexibility index (Phi) is 13.3. The van der Waals surface area contributed by atoms with Crippen LogP contribution in [0.4, 0.5) is 0 Å². The highest BCUT2D eigenvalue weighted by Gasteiger charge is 2.32. The van der Waals surface area contributed by atoms with E-state index in [0.29, 0.717) is 94.8 Å². The van der Waals surface area contributed by atoms with E-state index in [1.165, 1.54) is 47.2 Å². The molecular formula is C42H36Cl2N2O12S2. The first kappa shape index (κ1) is 42.5. The smallest absolute Gasteiger partial charge is 0.341 e. The fourth-order valence-electron chi connectivity index (χ4n) is 6.51. The molecule has 0 amide bonds. The van der Waals surface area contributed by atoms with Gasteiger partial charge in [0.25, 0.3) is 0 Å². The number of nitrogens with zero attached hydrogens (tertiary/aromatic N) is 2. The lowest BCUT2D eigenvalue weighted by molar-refractivity contribution is 0.0682. The molecule has 2 aliphatic heterocycles. The van der Waals surface area contributed by atoms with E-state index in [2.05, 4.69) is 0 Å². The Morgan fingerprint density at radius 2 is 1.08 bits per heavy atom. The second kappa shape index (κ2) is 18.8. The number of hydrogen-bond donors (Lipinski definition) is 2. The number of aromatic nitrogens is 2. The molecule has 0 saturated heterocycles. The average Bonchev–Trinajstić information content (AvgIpc) is 3.97. The Labute approximate surface area is 360 Å². The van der Waals surface area contributed by atoms with Gasteiger partial charge in [0.15, 0.2) is 10.9 Å². The predicted octanol–water partition coefficient (Wildman–Crippen LogP) is 8.57. The van der Waals surface area contributed by atoms with Crippen molar-refractivity contribution in [3.05, 3.63) is 135 Å². The maximum Gasteiger partial charge on any atom is 0.341 e. The van der Waals surface area contributed by atoms with Crippen LogP contribution in [0.3, 0.4) is 0 Å². The van der Waals surface area contributed by atoms with E-state index in [4.69, 9.17) is 51.6 Å². The minimum Gasteiger partial charge on any atom is -0.492 e. The summed E-state index contributed by atoms with van der Waals surface area (Å²) in [6, 6.07) is 16.9. The van der Waals surface area contributed by atoms with Crippen molar-refractivity contribution >= 4 is 57.8 Å². The first-order valence-electron chi connectivity index (χ1n) is 18.3. The maximum absolute atomic E-state index is 12.4. The third kappa shape index (κ3) is 8.94. The van der Waals surface area contributed by atoms with Gasteiger partial charge in [-0.3, -0.25) is 9.59 Å². The second-order valence-corrected chi connectivity index (χ2v) is 16.0. The van der Waals surface area contributed by atoms with Gasteiger partial charge in [-0.1, -0.05) is 35.3 Å². The number of carboxylic acids is 2. The molecule has 0 unspecified atom stereocenters. The van der Waals surface area contributed by atoms with Crippen molar-refractivity contribution in [1.82, 2.24) is 9.13 Å². The molecule has 2 aliphatic rings. The van der Waals surface area contributed by atoms with Crippen LogP contribution in [0.5, 0.6) is 23.0 Å². The topological polar surface area (TPSA) is 174 Å². The van der Waals surface area contributed by atoms with Gasteiger partial charge in [-0.05, 0) is 35.0 Å². The second-order valence-electron chi connectivity index (χ2n) is 13.2. The van der Waals surface area contributed by atoms with Crippen LogP contribution in [0.25, 0.3) is 22.5 Å². The number of fused-ring (bicyclic) bond motifs is 6. The minimum atomic E-state index is -1.29. The minimum absolute atomic E-state index is 0.323. The predicted molar refractivity (Wildman–Crippen MR) is 226 cm³/mol. The van der Waals surface area contributed by atoms with Crippen LogP contribution in [0.2, 0.25) is 10.0 Å². The van der Waals surface area contributed by atoms with E-state index in [0.717, 1.165) is 9.75 Å². The summed E-state index contributed by atoms with van der Waals surface area (Å²) in [7, 11) is 3.25. The summed E-state index contributed by atoms with van der Waals surface area (Å²) >= 11 is 15.8. The number of halogens is 2. The number of thiophene rings is 2. The summed E-state index contributed by atoms with van der Waals surface area (Å²) < 4.78 is 37.3. The average molecular weight is 896 g/mol. The van der Waals surface area contributed by atoms with Crippen LogP contribution in [-0.4, -0.2) is 71.9 Å². The van der Waals surface area contributed by atoms with E-state index >= 15 is 0 Å². The Morgan fingerprint density at radius 1 is 0.667 bits per heavy atom. The fraction of sp³-hybridized carbons (Fsp3) is 0.238. The summed E-state index contributed by atoms with van der Waals surface area (Å²) in [4.78, 5) is 49.5. The number of benzene rings is 2. The van der Waals surface area contributed by atoms with Crippen molar-refractivity contribution in [2.24, 2.45) is 0 Å². The molecule has 2 N–H and O–H groups in total. The lowest BCUT2D eigenvalue weighted by Gasteiger charge is -2.31. The van der Waals surface area contributed by atoms with E-state index in [1.54, 1.807) is 47.6 Å². The van der Waals surface area contributed by atoms with E-state index in [1.807, 2.05) is 35.0 Å². The SMILES string of the molecule is COCCCOc1cc2c(cc1Cl)-c1cc(=O)c(C(=O)O)cn1[C@@H](c1cccs1)O2.COCCCOc1cc2c(cc1Cl)-c1cc(=O)c(C(=O)O)cn1[C@H](c1cccs1)O2. The van der Waals surface area contributed by atoms with Crippen molar-refractivity contribution in [2.75, 3.05) is 40.6 Å². The van der Waals surface area contributed by atoms with E-state index in [9.17, 15) is 29.4 Å². The van der Waals surface area contributed by atoms with Gasteiger partial charge >= 0.3 is 11.9 Å². The van der Waals surface area contributed by atoms with Gasteiger partial charge in [-0.2, -0.15) is 0 Å². The molecule has 0 bridgehead atoms. The molecule has 6 heterocycles. The Balaban J connectivity index is 0.000000181. The highest BCUT2D eigenvalue weighted by Crippen LogP contribution is 2.47. The zero-order valence-corrected chi connectivity index (χ0v) is 35.1.